The van der Waals surface area contributed by atoms with E-state index in [1.807, 2.05) is 0 Å². The van der Waals surface area contributed by atoms with Crippen molar-refractivity contribution in [2.75, 3.05) is 13.2 Å². The van der Waals surface area contributed by atoms with Crippen molar-refractivity contribution in [1.82, 2.24) is 0 Å². The molecule has 1 aliphatic heterocycles. The van der Waals surface area contributed by atoms with Gasteiger partial charge in [-0.1, -0.05) is 6.58 Å². The summed E-state index contributed by atoms with van der Waals surface area (Å²) in [5, 5.41) is 0. The SMILES string of the molecule is C=C(C)C(=O)OC1C(=O)OCC1C(=O)OCC(=O)OC(C)(C)C. The Morgan fingerprint density at radius 1 is 1.30 bits per heavy atom. The Balaban J connectivity index is 2.60. The lowest BCUT2D eigenvalue weighted by molar-refractivity contribution is -0.171. The van der Waals surface area contributed by atoms with Crippen molar-refractivity contribution in [2.24, 2.45) is 5.92 Å². The van der Waals surface area contributed by atoms with Crippen LogP contribution in [0.4, 0.5) is 0 Å². The third kappa shape index (κ3) is 5.72. The Kier molecular flexibility index (Phi) is 5.89. The van der Waals surface area contributed by atoms with Gasteiger partial charge in [0.15, 0.2) is 6.61 Å². The number of cyclic esters (lactones) is 1. The highest BCUT2D eigenvalue weighted by Crippen LogP contribution is 2.21. The molecule has 8 nitrogen and oxygen atoms in total. The molecule has 0 saturated carbocycles. The lowest BCUT2D eigenvalue weighted by Crippen LogP contribution is -2.36. The fourth-order valence-corrected chi connectivity index (χ4v) is 1.65. The molecule has 0 aromatic carbocycles. The molecular formula is C15H20O8. The van der Waals surface area contributed by atoms with Crippen LogP contribution in [0.3, 0.4) is 0 Å². The van der Waals surface area contributed by atoms with E-state index >= 15 is 0 Å². The Bertz CT molecular complexity index is 528. The van der Waals surface area contributed by atoms with Gasteiger partial charge in [0, 0.05) is 5.57 Å². The van der Waals surface area contributed by atoms with Gasteiger partial charge in [0.25, 0.3) is 0 Å². The minimum atomic E-state index is -1.41. The topological polar surface area (TPSA) is 105 Å². The van der Waals surface area contributed by atoms with Crippen molar-refractivity contribution in [2.45, 2.75) is 39.4 Å². The van der Waals surface area contributed by atoms with Gasteiger partial charge in [-0.3, -0.25) is 4.79 Å². The molecule has 0 aromatic heterocycles. The Morgan fingerprint density at radius 2 is 1.91 bits per heavy atom. The summed E-state index contributed by atoms with van der Waals surface area (Å²) in [7, 11) is 0. The number of esters is 4. The van der Waals surface area contributed by atoms with E-state index in [2.05, 4.69) is 6.58 Å². The third-order valence-electron chi connectivity index (χ3n) is 2.64. The number of ether oxygens (including phenoxy) is 4. The highest BCUT2D eigenvalue weighted by atomic mass is 16.6. The summed E-state index contributed by atoms with van der Waals surface area (Å²) < 4.78 is 19.4. The van der Waals surface area contributed by atoms with E-state index in [0.717, 1.165) is 0 Å². The summed E-state index contributed by atoms with van der Waals surface area (Å²) >= 11 is 0. The van der Waals surface area contributed by atoms with Crippen LogP contribution in [-0.2, 0) is 38.1 Å². The van der Waals surface area contributed by atoms with Gasteiger partial charge in [-0.25, -0.2) is 14.4 Å². The van der Waals surface area contributed by atoms with Crippen molar-refractivity contribution >= 4 is 23.9 Å². The number of hydrogen-bond acceptors (Lipinski definition) is 8. The minimum Gasteiger partial charge on any atom is -0.462 e. The Morgan fingerprint density at radius 3 is 2.43 bits per heavy atom. The summed E-state index contributed by atoms with van der Waals surface area (Å²) in [6.45, 7) is 8.89. The molecule has 0 radical (unpaired) electrons. The molecule has 1 rings (SSSR count). The van der Waals surface area contributed by atoms with Crippen LogP contribution in [0.25, 0.3) is 0 Å². The van der Waals surface area contributed by atoms with Gasteiger partial charge in [-0.15, -0.1) is 0 Å². The first kappa shape index (κ1) is 18.7. The lowest BCUT2D eigenvalue weighted by Gasteiger charge is -2.20. The summed E-state index contributed by atoms with van der Waals surface area (Å²) in [4.78, 5) is 46.5. The van der Waals surface area contributed by atoms with Crippen LogP contribution in [0.1, 0.15) is 27.7 Å². The van der Waals surface area contributed by atoms with E-state index < -0.39 is 48.1 Å². The lowest BCUT2D eigenvalue weighted by atomic mass is 10.1. The first-order valence-electron chi connectivity index (χ1n) is 6.93. The normalized spacial score (nSPS) is 20.4. The van der Waals surface area contributed by atoms with Crippen molar-refractivity contribution in [3.8, 4) is 0 Å². The highest BCUT2D eigenvalue weighted by molar-refractivity contribution is 5.93. The van der Waals surface area contributed by atoms with Gasteiger partial charge >= 0.3 is 23.9 Å². The molecule has 2 atom stereocenters. The number of carbonyl (C=O) groups is 4. The van der Waals surface area contributed by atoms with Crippen LogP contribution in [0, 0.1) is 5.92 Å². The zero-order valence-electron chi connectivity index (χ0n) is 13.5. The summed E-state index contributed by atoms with van der Waals surface area (Å²) in [5.41, 5.74) is -0.638. The second-order valence-corrected chi connectivity index (χ2v) is 6.04. The van der Waals surface area contributed by atoms with Gasteiger partial charge < -0.3 is 18.9 Å². The zero-order valence-corrected chi connectivity index (χ0v) is 13.5. The maximum absolute atomic E-state index is 11.9. The molecule has 8 heteroatoms. The maximum atomic E-state index is 11.9. The molecule has 1 heterocycles. The van der Waals surface area contributed by atoms with Crippen molar-refractivity contribution < 1.29 is 38.1 Å². The molecule has 0 aliphatic carbocycles. The highest BCUT2D eigenvalue weighted by Gasteiger charge is 2.46. The molecule has 0 N–H and O–H groups in total. The molecular weight excluding hydrogens is 308 g/mol. The van der Waals surface area contributed by atoms with Gasteiger partial charge in [0.2, 0.25) is 6.10 Å². The van der Waals surface area contributed by atoms with Crippen molar-refractivity contribution in [3.63, 3.8) is 0 Å². The number of rotatable bonds is 5. The number of carbonyl (C=O) groups excluding carboxylic acids is 4. The average molecular weight is 328 g/mol. The Labute approximate surface area is 133 Å². The molecule has 2 unspecified atom stereocenters. The van der Waals surface area contributed by atoms with Crippen molar-refractivity contribution in [3.05, 3.63) is 12.2 Å². The zero-order chi connectivity index (χ0) is 17.8. The van der Waals surface area contributed by atoms with Crippen LogP contribution in [-0.4, -0.2) is 48.8 Å². The van der Waals surface area contributed by atoms with Gasteiger partial charge in [0.1, 0.15) is 18.1 Å². The van der Waals surface area contributed by atoms with Crippen molar-refractivity contribution in [1.29, 1.82) is 0 Å². The average Bonchev–Trinajstić information content (AvgIpc) is 2.75. The smallest absolute Gasteiger partial charge is 0.348 e. The first-order chi connectivity index (χ1) is 10.5. The van der Waals surface area contributed by atoms with E-state index in [0.29, 0.717) is 0 Å². The van der Waals surface area contributed by atoms with Gasteiger partial charge in [0.05, 0.1) is 0 Å². The molecule has 0 aromatic rings. The molecule has 0 amide bonds. The summed E-state index contributed by atoms with van der Waals surface area (Å²) in [6, 6.07) is 0. The van der Waals surface area contributed by atoms with Crippen LogP contribution < -0.4 is 0 Å². The van der Waals surface area contributed by atoms with E-state index in [1.165, 1.54) is 6.92 Å². The second-order valence-electron chi connectivity index (χ2n) is 6.04. The first-order valence-corrected chi connectivity index (χ1v) is 6.93. The standard InChI is InChI=1S/C15H20O8/c1-8(2)12(17)22-11-9(6-20-14(11)19)13(18)21-7-10(16)23-15(3,4)5/h9,11H,1,6-7H2,2-5H3. The minimum absolute atomic E-state index is 0.0746. The maximum Gasteiger partial charge on any atom is 0.348 e. The molecule has 1 fully saturated rings. The molecule has 0 bridgehead atoms. The largest absolute Gasteiger partial charge is 0.462 e. The van der Waals surface area contributed by atoms with Gasteiger partial charge in [-0.05, 0) is 27.7 Å². The van der Waals surface area contributed by atoms with Crippen LogP contribution >= 0.6 is 0 Å². The van der Waals surface area contributed by atoms with E-state index in [9.17, 15) is 19.2 Å². The quantitative estimate of drug-likeness (QED) is 0.409. The predicted octanol–water partition coefficient (Wildman–Crippen LogP) is 0.532. The fraction of sp³-hybridized carbons (Fsp3) is 0.600. The number of hydrogen-bond donors (Lipinski definition) is 0. The molecule has 128 valence electrons. The molecule has 1 saturated heterocycles. The second kappa shape index (κ2) is 7.26. The summed E-state index contributed by atoms with van der Waals surface area (Å²) in [6.07, 6.45) is -1.41. The van der Waals surface area contributed by atoms with E-state index in [4.69, 9.17) is 18.9 Å². The fourth-order valence-electron chi connectivity index (χ4n) is 1.65. The Hall–Kier alpha value is -2.38. The van der Waals surface area contributed by atoms with E-state index in [1.54, 1.807) is 20.8 Å². The van der Waals surface area contributed by atoms with Crippen LogP contribution in [0.15, 0.2) is 12.2 Å². The monoisotopic (exact) mass is 328 g/mol. The predicted molar refractivity (Wildman–Crippen MR) is 75.9 cm³/mol. The van der Waals surface area contributed by atoms with E-state index in [-0.39, 0.29) is 12.2 Å². The summed E-state index contributed by atoms with van der Waals surface area (Å²) in [5.74, 6) is -4.42. The van der Waals surface area contributed by atoms with Crippen LogP contribution in [0.2, 0.25) is 0 Å². The third-order valence-corrected chi connectivity index (χ3v) is 2.64. The molecule has 1 aliphatic rings. The van der Waals surface area contributed by atoms with Gasteiger partial charge in [-0.2, -0.15) is 0 Å². The molecule has 0 spiro atoms. The van der Waals surface area contributed by atoms with Crippen LogP contribution in [0.5, 0.6) is 0 Å². The molecule has 23 heavy (non-hydrogen) atoms.